The van der Waals surface area contributed by atoms with Crippen molar-refractivity contribution in [1.82, 2.24) is 20.1 Å². The molecule has 5 heteroatoms. The van der Waals surface area contributed by atoms with Gasteiger partial charge in [-0.1, -0.05) is 30.0 Å². The second-order valence-corrected chi connectivity index (χ2v) is 5.21. The molecule has 0 saturated heterocycles. The molecule has 0 saturated carbocycles. The normalized spacial score (nSPS) is 12.9. The van der Waals surface area contributed by atoms with E-state index in [1.165, 1.54) is 17.3 Å². The minimum Gasteiger partial charge on any atom is -0.303 e. The Morgan fingerprint density at radius 2 is 2.11 bits per heavy atom. The van der Waals surface area contributed by atoms with Gasteiger partial charge in [-0.05, 0) is 38.9 Å². The number of benzene rings is 1. The molecule has 96 valence electrons. The molecule has 0 radical (unpaired) electrons. The van der Waals surface area contributed by atoms with Gasteiger partial charge in [0.15, 0.2) is 5.82 Å². The third-order valence-corrected chi connectivity index (χ3v) is 3.61. The molecule has 0 spiro atoms. The topological polar surface area (TPSA) is 44.8 Å². The number of H-pyrrole nitrogens is 1. The van der Waals surface area contributed by atoms with E-state index in [0.717, 1.165) is 16.5 Å². The van der Waals surface area contributed by atoms with Crippen LogP contribution in [0.5, 0.6) is 0 Å². The highest BCUT2D eigenvalue weighted by molar-refractivity contribution is 7.98. The van der Waals surface area contributed by atoms with E-state index in [1.54, 1.807) is 0 Å². The van der Waals surface area contributed by atoms with E-state index < -0.39 is 0 Å². The van der Waals surface area contributed by atoms with Gasteiger partial charge in [0.1, 0.15) is 0 Å². The second-order valence-electron chi connectivity index (χ2n) is 4.44. The predicted octanol–water partition coefficient (Wildman–Crippen LogP) is 2.82. The van der Waals surface area contributed by atoms with E-state index in [4.69, 9.17) is 0 Å². The number of rotatable bonds is 4. The molecule has 1 aromatic heterocycles. The Morgan fingerprint density at radius 1 is 1.33 bits per heavy atom. The van der Waals surface area contributed by atoms with Crippen LogP contribution in [0.4, 0.5) is 0 Å². The van der Waals surface area contributed by atoms with E-state index in [9.17, 15) is 0 Å². The first-order valence-electron chi connectivity index (χ1n) is 5.85. The first kappa shape index (κ1) is 13.1. The number of aromatic nitrogens is 3. The van der Waals surface area contributed by atoms with Gasteiger partial charge in [-0.25, -0.2) is 4.98 Å². The Kier molecular flexibility index (Phi) is 4.04. The number of hydrogen-bond acceptors (Lipinski definition) is 4. The molecule has 2 aromatic rings. The Labute approximate surface area is 112 Å². The summed E-state index contributed by atoms with van der Waals surface area (Å²) in [5, 5.41) is 7.88. The standard InChI is InChI=1S/C13H18N4S/c1-9(17(2)3)10-6-5-7-11(8-10)12-14-13(18-4)16-15-12/h5-9H,1-4H3,(H,14,15,16). The van der Waals surface area contributed by atoms with Crippen molar-refractivity contribution in [3.63, 3.8) is 0 Å². The van der Waals surface area contributed by atoms with Crippen LogP contribution < -0.4 is 0 Å². The Hall–Kier alpha value is -1.33. The minimum absolute atomic E-state index is 0.382. The summed E-state index contributed by atoms with van der Waals surface area (Å²) in [6.07, 6.45) is 1.97. The molecule has 0 amide bonds. The van der Waals surface area contributed by atoms with Crippen LogP contribution in [0.2, 0.25) is 0 Å². The van der Waals surface area contributed by atoms with Crippen molar-refractivity contribution >= 4 is 11.8 Å². The summed E-state index contributed by atoms with van der Waals surface area (Å²) >= 11 is 1.54. The first-order chi connectivity index (χ1) is 8.61. The average Bonchev–Trinajstić information content (AvgIpc) is 2.86. The van der Waals surface area contributed by atoms with Crippen LogP contribution in [0.15, 0.2) is 29.4 Å². The Balaban J connectivity index is 2.32. The van der Waals surface area contributed by atoms with Crippen molar-refractivity contribution in [1.29, 1.82) is 0 Å². The van der Waals surface area contributed by atoms with Crippen molar-refractivity contribution < 1.29 is 0 Å². The van der Waals surface area contributed by atoms with Gasteiger partial charge < -0.3 is 4.90 Å². The van der Waals surface area contributed by atoms with Gasteiger partial charge in [0.2, 0.25) is 5.16 Å². The summed E-state index contributed by atoms with van der Waals surface area (Å²) in [6.45, 7) is 2.19. The zero-order chi connectivity index (χ0) is 13.1. The highest BCUT2D eigenvalue weighted by Crippen LogP contribution is 2.23. The molecular weight excluding hydrogens is 244 g/mol. The minimum atomic E-state index is 0.382. The zero-order valence-corrected chi connectivity index (χ0v) is 12.0. The number of hydrogen-bond donors (Lipinski definition) is 1. The van der Waals surface area contributed by atoms with Gasteiger partial charge in [-0.3, -0.25) is 5.10 Å². The largest absolute Gasteiger partial charge is 0.303 e. The maximum Gasteiger partial charge on any atom is 0.208 e. The lowest BCUT2D eigenvalue weighted by atomic mass is 10.0. The fourth-order valence-corrected chi connectivity index (χ4v) is 2.03. The van der Waals surface area contributed by atoms with Crippen molar-refractivity contribution in [2.75, 3.05) is 20.4 Å². The first-order valence-corrected chi connectivity index (χ1v) is 7.07. The third-order valence-electron chi connectivity index (χ3n) is 3.06. The maximum absolute atomic E-state index is 4.43. The summed E-state index contributed by atoms with van der Waals surface area (Å²) < 4.78 is 0. The van der Waals surface area contributed by atoms with Crippen molar-refractivity contribution in [2.24, 2.45) is 0 Å². The van der Waals surface area contributed by atoms with Crippen LogP contribution in [-0.2, 0) is 0 Å². The number of thioether (sulfide) groups is 1. The van der Waals surface area contributed by atoms with Crippen molar-refractivity contribution in [2.45, 2.75) is 18.1 Å². The molecule has 18 heavy (non-hydrogen) atoms. The molecule has 1 heterocycles. The Morgan fingerprint density at radius 3 is 2.72 bits per heavy atom. The summed E-state index contributed by atoms with van der Waals surface area (Å²) in [4.78, 5) is 6.61. The predicted molar refractivity (Wildman–Crippen MR) is 75.7 cm³/mol. The van der Waals surface area contributed by atoms with E-state index in [-0.39, 0.29) is 0 Å². The lowest BCUT2D eigenvalue weighted by Gasteiger charge is -2.20. The highest BCUT2D eigenvalue weighted by atomic mass is 32.2. The number of aromatic amines is 1. The number of nitrogens with one attached hydrogen (secondary N) is 1. The SMILES string of the molecule is CSc1n[nH]c(-c2cccc(C(C)N(C)C)c2)n1. The summed E-state index contributed by atoms with van der Waals surface area (Å²) in [5.41, 5.74) is 2.36. The molecule has 1 unspecified atom stereocenters. The summed E-state index contributed by atoms with van der Waals surface area (Å²) in [5.74, 6) is 0.826. The highest BCUT2D eigenvalue weighted by Gasteiger charge is 2.10. The summed E-state index contributed by atoms with van der Waals surface area (Å²) in [6, 6.07) is 8.80. The quantitative estimate of drug-likeness (QED) is 0.861. The van der Waals surface area contributed by atoms with Gasteiger partial charge in [0.05, 0.1) is 0 Å². The van der Waals surface area contributed by atoms with Gasteiger partial charge in [-0.15, -0.1) is 5.10 Å². The van der Waals surface area contributed by atoms with Gasteiger partial charge in [-0.2, -0.15) is 0 Å². The van der Waals surface area contributed by atoms with E-state index in [0.29, 0.717) is 6.04 Å². The lowest BCUT2D eigenvalue weighted by molar-refractivity contribution is 0.321. The second kappa shape index (κ2) is 5.54. The smallest absolute Gasteiger partial charge is 0.208 e. The molecule has 1 N–H and O–H groups in total. The molecule has 0 bridgehead atoms. The van der Waals surface area contributed by atoms with E-state index in [2.05, 4.69) is 65.4 Å². The van der Waals surface area contributed by atoms with E-state index >= 15 is 0 Å². The fourth-order valence-electron chi connectivity index (χ4n) is 1.71. The fraction of sp³-hybridized carbons (Fsp3) is 0.385. The van der Waals surface area contributed by atoms with Crippen LogP contribution >= 0.6 is 11.8 Å². The maximum atomic E-state index is 4.43. The molecular formula is C13H18N4S. The van der Waals surface area contributed by atoms with E-state index in [1.807, 2.05) is 6.26 Å². The molecule has 1 aromatic carbocycles. The molecule has 4 nitrogen and oxygen atoms in total. The molecule has 2 rings (SSSR count). The molecule has 0 fully saturated rings. The van der Waals surface area contributed by atoms with Gasteiger partial charge in [0.25, 0.3) is 0 Å². The molecule has 0 aliphatic carbocycles. The van der Waals surface area contributed by atoms with Crippen LogP contribution in [0.25, 0.3) is 11.4 Å². The molecule has 1 atom stereocenters. The van der Waals surface area contributed by atoms with Crippen LogP contribution in [-0.4, -0.2) is 40.4 Å². The van der Waals surface area contributed by atoms with Gasteiger partial charge in [0, 0.05) is 11.6 Å². The van der Waals surface area contributed by atoms with Gasteiger partial charge >= 0.3 is 0 Å². The average molecular weight is 262 g/mol. The van der Waals surface area contributed by atoms with Crippen LogP contribution in [0.3, 0.4) is 0 Å². The van der Waals surface area contributed by atoms with Crippen molar-refractivity contribution in [3.8, 4) is 11.4 Å². The monoisotopic (exact) mass is 262 g/mol. The van der Waals surface area contributed by atoms with Crippen LogP contribution in [0.1, 0.15) is 18.5 Å². The Bertz CT molecular complexity index is 521. The lowest BCUT2D eigenvalue weighted by Crippen LogP contribution is -2.16. The molecule has 0 aliphatic heterocycles. The third kappa shape index (κ3) is 2.73. The molecule has 0 aliphatic rings. The van der Waals surface area contributed by atoms with Crippen molar-refractivity contribution in [3.05, 3.63) is 29.8 Å². The number of nitrogens with zero attached hydrogens (tertiary/aromatic N) is 3. The summed E-state index contributed by atoms with van der Waals surface area (Å²) in [7, 11) is 4.16. The van der Waals surface area contributed by atoms with Crippen LogP contribution in [0, 0.1) is 0 Å². The zero-order valence-electron chi connectivity index (χ0n) is 11.1.